The number of hydrogen-bond donors (Lipinski definition) is 2. The molecule has 4 nitrogen and oxygen atoms in total. The first-order valence-electron chi connectivity index (χ1n) is 5.83. The van der Waals surface area contributed by atoms with Crippen molar-refractivity contribution in [3.63, 3.8) is 0 Å². The maximum absolute atomic E-state index is 13.8. The van der Waals surface area contributed by atoms with Gasteiger partial charge in [0.05, 0.1) is 12.2 Å². The summed E-state index contributed by atoms with van der Waals surface area (Å²) in [4.78, 5) is 11.2. The van der Waals surface area contributed by atoms with Crippen molar-refractivity contribution in [3.8, 4) is 5.75 Å². The number of rotatable bonds is 4. The molecule has 1 aromatic rings. The molecule has 0 saturated heterocycles. The number of esters is 1. The third kappa shape index (κ3) is 3.67. The van der Waals surface area contributed by atoms with Crippen LogP contribution in [0.25, 0.3) is 0 Å². The van der Waals surface area contributed by atoms with Gasteiger partial charge >= 0.3 is 18.1 Å². The molecule has 3 N–H and O–H groups in total. The Balaban J connectivity index is 3.38. The highest BCUT2D eigenvalue weighted by Gasteiger charge is 2.49. The van der Waals surface area contributed by atoms with Crippen molar-refractivity contribution in [3.05, 3.63) is 27.7 Å². The Morgan fingerprint density at radius 2 is 1.91 bits per heavy atom. The number of phenolic OH excluding ortho intramolecular Hbond substituents is 1. The van der Waals surface area contributed by atoms with Gasteiger partial charge in [-0.15, -0.1) is 0 Å². The van der Waals surface area contributed by atoms with E-state index in [0.29, 0.717) is 6.07 Å². The first-order chi connectivity index (χ1) is 9.92. The van der Waals surface area contributed by atoms with E-state index in [1.54, 1.807) is 0 Å². The van der Waals surface area contributed by atoms with Gasteiger partial charge in [-0.05, 0) is 19.1 Å². The van der Waals surface area contributed by atoms with Gasteiger partial charge in [-0.2, -0.15) is 22.0 Å². The summed E-state index contributed by atoms with van der Waals surface area (Å²) in [5.74, 6) is -7.76. The molecule has 0 aliphatic heterocycles. The lowest BCUT2D eigenvalue weighted by Crippen LogP contribution is -2.41. The van der Waals surface area contributed by atoms with Crippen LogP contribution in [-0.4, -0.2) is 23.6 Å². The highest BCUT2D eigenvalue weighted by atomic mass is 79.9. The molecule has 0 aromatic heterocycles. The number of halogens is 6. The number of benzene rings is 1. The summed E-state index contributed by atoms with van der Waals surface area (Å²) >= 11 is 2.71. The molecule has 0 saturated carbocycles. The number of nitrogens with two attached hydrogens (primary N) is 1. The minimum Gasteiger partial charge on any atom is -0.507 e. The molecule has 10 heteroatoms. The van der Waals surface area contributed by atoms with Crippen LogP contribution in [0.3, 0.4) is 0 Å². The maximum Gasteiger partial charge on any atom is 0.420 e. The highest BCUT2D eigenvalue weighted by Crippen LogP contribution is 2.44. The van der Waals surface area contributed by atoms with Crippen LogP contribution in [0.4, 0.5) is 22.0 Å². The Morgan fingerprint density at radius 3 is 2.36 bits per heavy atom. The fourth-order valence-electron chi connectivity index (χ4n) is 1.62. The van der Waals surface area contributed by atoms with Crippen molar-refractivity contribution in [2.24, 2.45) is 5.73 Å². The summed E-state index contributed by atoms with van der Waals surface area (Å²) in [6, 6.07) is -1.22. The number of aromatic hydroxyl groups is 1. The number of carbonyl (C=O) groups is 1. The maximum atomic E-state index is 13.8. The van der Waals surface area contributed by atoms with E-state index < -0.39 is 41.0 Å². The SMILES string of the molecule is CCOC(=O)C(F)(F)[C@H](N)c1cc(Br)cc(C(F)(F)F)c1O. The fraction of sp³-hybridized carbons (Fsp3) is 0.417. The van der Waals surface area contributed by atoms with Crippen molar-refractivity contribution in [2.45, 2.75) is 25.1 Å². The van der Waals surface area contributed by atoms with E-state index >= 15 is 0 Å². The van der Waals surface area contributed by atoms with Crippen molar-refractivity contribution in [2.75, 3.05) is 6.61 Å². The second-order valence-electron chi connectivity index (χ2n) is 4.21. The molecular formula is C12H11BrF5NO3. The topological polar surface area (TPSA) is 72.5 Å². The number of phenols is 1. The smallest absolute Gasteiger partial charge is 0.420 e. The van der Waals surface area contributed by atoms with Crippen LogP contribution < -0.4 is 5.73 Å². The lowest BCUT2D eigenvalue weighted by Gasteiger charge is -2.24. The normalized spacial score (nSPS) is 13.8. The van der Waals surface area contributed by atoms with Crippen LogP contribution >= 0.6 is 15.9 Å². The van der Waals surface area contributed by atoms with Gasteiger partial charge in [-0.1, -0.05) is 15.9 Å². The van der Waals surface area contributed by atoms with Gasteiger partial charge < -0.3 is 15.6 Å². The van der Waals surface area contributed by atoms with Crippen molar-refractivity contribution >= 4 is 21.9 Å². The molecule has 0 spiro atoms. The molecule has 1 rings (SSSR count). The number of carbonyl (C=O) groups excluding carboxylic acids is 1. The molecule has 0 heterocycles. The van der Waals surface area contributed by atoms with Gasteiger partial charge in [0.2, 0.25) is 0 Å². The predicted molar refractivity (Wildman–Crippen MR) is 69.3 cm³/mol. The zero-order valence-corrected chi connectivity index (χ0v) is 12.6. The van der Waals surface area contributed by atoms with Crippen molar-refractivity contribution in [1.82, 2.24) is 0 Å². The first-order valence-corrected chi connectivity index (χ1v) is 6.62. The average molecular weight is 392 g/mol. The van der Waals surface area contributed by atoms with Gasteiger partial charge in [-0.3, -0.25) is 0 Å². The number of hydrogen-bond acceptors (Lipinski definition) is 4. The molecule has 1 aromatic carbocycles. The monoisotopic (exact) mass is 391 g/mol. The standard InChI is InChI=1S/C12H11BrF5NO3/c1-2-22-10(21)11(14,15)9(19)6-3-5(13)4-7(8(6)20)12(16,17)18/h3-4,9,20H,2,19H2,1H3/t9-/m1/s1. The minimum atomic E-state index is -4.98. The fourth-order valence-corrected chi connectivity index (χ4v) is 2.10. The Morgan fingerprint density at radius 1 is 1.36 bits per heavy atom. The second kappa shape index (κ2) is 6.37. The third-order valence-electron chi connectivity index (χ3n) is 2.68. The zero-order chi connectivity index (χ0) is 17.3. The van der Waals surface area contributed by atoms with E-state index in [0.717, 1.165) is 6.07 Å². The van der Waals surface area contributed by atoms with Gasteiger partial charge in [0, 0.05) is 10.0 Å². The molecule has 0 fully saturated rings. The molecular weight excluding hydrogens is 381 g/mol. The largest absolute Gasteiger partial charge is 0.507 e. The molecule has 0 bridgehead atoms. The van der Waals surface area contributed by atoms with Crippen LogP contribution in [0.2, 0.25) is 0 Å². The highest BCUT2D eigenvalue weighted by molar-refractivity contribution is 9.10. The van der Waals surface area contributed by atoms with Crippen LogP contribution in [0.1, 0.15) is 24.1 Å². The number of alkyl halides is 5. The second-order valence-corrected chi connectivity index (χ2v) is 5.13. The molecule has 0 unspecified atom stereocenters. The Labute approximate surface area is 130 Å². The van der Waals surface area contributed by atoms with Crippen LogP contribution in [0, 0.1) is 0 Å². The van der Waals surface area contributed by atoms with Crippen LogP contribution in [0.5, 0.6) is 5.75 Å². The molecule has 0 aliphatic rings. The third-order valence-corrected chi connectivity index (χ3v) is 3.14. The zero-order valence-electron chi connectivity index (χ0n) is 11.0. The van der Waals surface area contributed by atoms with Crippen molar-refractivity contribution in [1.29, 1.82) is 0 Å². The van der Waals surface area contributed by atoms with Gasteiger partial charge in [0.1, 0.15) is 11.8 Å². The Kier molecular flexibility index (Phi) is 5.39. The average Bonchev–Trinajstić information content (AvgIpc) is 2.39. The van der Waals surface area contributed by atoms with E-state index in [1.807, 2.05) is 0 Å². The van der Waals surface area contributed by atoms with E-state index in [4.69, 9.17) is 5.73 Å². The summed E-state index contributed by atoms with van der Waals surface area (Å²) < 4.78 is 69.8. The van der Waals surface area contributed by atoms with E-state index in [9.17, 15) is 31.9 Å². The lowest BCUT2D eigenvalue weighted by molar-refractivity contribution is -0.174. The van der Waals surface area contributed by atoms with Crippen LogP contribution in [0.15, 0.2) is 16.6 Å². The summed E-state index contributed by atoms with van der Waals surface area (Å²) in [6.45, 7) is 0.914. The van der Waals surface area contributed by atoms with Gasteiger partial charge in [-0.25, -0.2) is 4.79 Å². The van der Waals surface area contributed by atoms with E-state index in [-0.39, 0.29) is 11.1 Å². The van der Waals surface area contributed by atoms with Gasteiger partial charge in [0.25, 0.3) is 0 Å². The molecule has 0 radical (unpaired) electrons. The lowest BCUT2D eigenvalue weighted by atomic mass is 9.97. The molecule has 0 amide bonds. The van der Waals surface area contributed by atoms with Gasteiger partial charge in [0.15, 0.2) is 0 Å². The summed E-state index contributed by atoms with van der Waals surface area (Å²) in [5.41, 5.74) is 2.71. The summed E-state index contributed by atoms with van der Waals surface area (Å²) in [6.07, 6.45) is -4.98. The Hall–Kier alpha value is -1.42. The van der Waals surface area contributed by atoms with Crippen LogP contribution in [-0.2, 0) is 15.7 Å². The Bertz CT molecular complexity index is 577. The van der Waals surface area contributed by atoms with Crippen molar-refractivity contribution < 1.29 is 36.6 Å². The van der Waals surface area contributed by atoms with E-state index in [1.165, 1.54) is 6.92 Å². The first kappa shape index (κ1) is 18.6. The molecule has 0 aliphatic carbocycles. The molecule has 22 heavy (non-hydrogen) atoms. The number of ether oxygens (including phenoxy) is 1. The molecule has 1 atom stereocenters. The summed E-state index contributed by atoms with van der Waals surface area (Å²) in [5, 5.41) is 9.59. The van der Waals surface area contributed by atoms with E-state index in [2.05, 4.69) is 20.7 Å². The summed E-state index contributed by atoms with van der Waals surface area (Å²) in [7, 11) is 0. The minimum absolute atomic E-state index is 0.234. The predicted octanol–water partition coefficient (Wildman–Crippen LogP) is 3.37. The molecule has 124 valence electrons. The quantitative estimate of drug-likeness (QED) is 0.609.